The number of β-amino-alcohol motifs (C(OH)–C–C–N with tert-alkyl or cyclic N) is 1. The lowest BCUT2D eigenvalue weighted by atomic mass is 9.86. The Hall–Kier alpha value is -1.39. The summed E-state index contributed by atoms with van der Waals surface area (Å²) in [6, 6.07) is 8.87. The summed E-state index contributed by atoms with van der Waals surface area (Å²) in [4.78, 5) is 16.8. The number of amides is 1. The topological polar surface area (TPSA) is 43.8 Å². The maximum Gasteiger partial charge on any atom is 0.223 e. The second kappa shape index (κ2) is 8.33. The van der Waals surface area contributed by atoms with Gasteiger partial charge in [-0.25, -0.2) is 0 Å². The highest BCUT2D eigenvalue weighted by molar-refractivity contribution is 5.77. The summed E-state index contributed by atoms with van der Waals surface area (Å²) in [5, 5.41) is 9.52. The van der Waals surface area contributed by atoms with Crippen molar-refractivity contribution in [3.8, 4) is 0 Å². The van der Waals surface area contributed by atoms with Crippen LogP contribution >= 0.6 is 0 Å². The minimum Gasteiger partial charge on any atom is -0.392 e. The minimum atomic E-state index is -0.314. The number of benzene rings is 1. The monoisotopic (exact) mass is 346 g/mol. The smallest absolute Gasteiger partial charge is 0.223 e. The van der Waals surface area contributed by atoms with Crippen LogP contribution in [0.1, 0.15) is 52.2 Å². The number of carbonyl (C=O) groups excluding carboxylic acids is 1. The van der Waals surface area contributed by atoms with Crippen molar-refractivity contribution in [3.05, 3.63) is 35.4 Å². The molecule has 0 spiro atoms. The third kappa shape index (κ3) is 5.82. The van der Waals surface area contributed by atoms with Crippen LogP contribution in [-0.2, 0) is 16.6 Å². The lowest BCUT2D eigenvalue weighted by Gasteiger charge is -2.40. The van der Waals surface area contributed by atoms with E-state index >= 15 is 0 Å². The van der Waals surface area contributed by atoms with Gasteiger partial charge in [0.15, 0.2) is 0 Å². The Kier molecular flexibility index (Phi) is 6.64. The van der Waals surface area contributed by atoms with Crippen LogP contribution in [0.2, 0.25) is 0 Å². The fourth-order valence-corrected chi connectivity index (χ4v) is 3.51. The van der Waals surface area contributed by atoms with E-state index in [0.29, 0.717) is 13.0 Å². The second-order valence-corrected chi connectivity index (χ2v) is 8.49. The summed E-state index contributed by atoms with van der Waals surface area (Å²) in [5.74, 6) is 0.240. The first-order valence-corrected chi connectivity index (χ1v) is 9.46. The van der Waals surface area contributed by atoms with E-state index in [1.807, 2.05) is 11.8 Å². The van der Waals surface area contributed by atoms with Gasteiger partial charge < -0.3 is 10.0 Å². The number of hydrogen-bond acceptors (Lipinski definition) is 3. The van der Waals surface area contributed by atoms with Gasteiger partial charge in [0.25, 0.3) is 0 Å². The number of hydrogen-bond donors (Lipinski definition) is 1. The third-order valence-electron chi connectivity index (χ3n) is 5.00. The molecule has 1 aliphatic rings. The van der Waals surface area contributed by atoms with Gasteiger partial charge in [-0.15, -0.1) is 0 Å². The Bertz CT molecular complexity index is 560. The van der Waals surface area contributed by atoms with E-state index < -0.39 is 0 Å². The number of aliphatic hydroxyl groups excluding tert-OH is 1. The third-order valence-corrected chi connectivity index (χ3v) is 5.00. The molecule has 1 amide bonds. The standard InChI is InChI=1S/C21H34N2O2/c1-16-14-22(15-17(2)24)12-13-23(16)20(25)11-8-18-6-9-19(10-7-18)21(3,4)5/h6-7,9-10,16-17,24H,8,11-15H2,1-5H3/t16-,17+/m1/s1. The molecule has 2 atom stereocenters. The number of aryl methyl sites for hydroxylation is 1. The van der Waals surface area contributed by atoms with Crippen LogP contribution < -0.4 is 0 Å². The van der Waals surface area contributed by atoms with Crippen molar-refractivity contribution in [2.24, 2.45) is 0 Å². The summed E-state index contributed by atoms with van der Waals surface area (Å²) < 4.78 is 0. The lowest BCUT2D eigenvalue weighted by molar-refractivity contribution is -0.135. The van der Waals surface area contributed by atoms with Gasteiger partial charge in [-0.05, 0) is 36.8 Å². The zero-order valence-corrected chi connectivity index (χ0v) is 16.5. The molecule has 1 N–H and O–H groups in total. The fraction of sp³-hybridized carbons (Fsp3) is 0.667. The van der Waals surface area contributed by atoms with Crippen LogP contribution in [0.5, 0.6) is 0 Å². The van der Waals surface area contributed by atoms with Crippen LogP contribution in [0, 0.1) is 0 Å². The van der Waals surface area contributed by atoms with Gasteiger partial charge in [-0.2, -0.15) is 0 Å². The van der Waals surface area contributed by atoms with Crippen molar-refractivity contribution in [3.63, 3.8) is 0 Å². The molecule has 0 bridgehead atoms. The molecule has 1 aromatic carbocycles. The Balaban J connectivity index is 1.84. The van der Waals surface area contributed by atoms with Crippen LogP contribution in [0.25, 0.3) is 0 Å². The molecule has 140 valence electrons. The highest BCUT2D eigenvalue weighted by Crippen LogP contribution is 2.22. The van der Waals surface area contributed by atoms with E-state index in [0.717, 1.165) is 26.1 Å². The second-order valence-electron chi connectivity index (χ2n) is 8.49. The molecule has 4 nitrogen and oxygen atoms in total. The molecule has 1 fully saturated rings. The number of rotatable bonds is 5. The van der Waals surface area contributed by atoms with Crippen LogP contribution in [0.3, 0.4) is 0 Å². The first-order valence-electron chi connectivity index (χ1n) is 9.46. The minimum absolute atomic E-state index is 0.162. The van der Waals surface area contributed by atoms with Gasteiger partial charge in [-0.3, -0.25) is 9.69 Å². The van der Waals surface area contributed by atoms with Crippen molar-refractivity contribution in [1.82, 2.24) is 9.80 Å². The number of carbonyl (C=O) groups is 1. The van der Waals surface area contributed by atoms with E-state index in [4.69, 9.17) is 0 Å². The molecule has 4 heteroatoms. The largest absolute Gasteiger partial charge is 0.392 e. The SMILES string of the molecule is C[C@H](O)CN1CCN(C(=O)CCc2ccc(C(C)(C)C)cc2)[C@H](C)C1. The fourth-order valence-electron chi connectivity index (χ4n) is 3.51. The van der Waals surface area contributed by atoms with E-state index in [9.17, 15) is 9.90 Å². The zero-order chi connectivity index (χ0) is 18.6. The van der Waals surface area contributed by atoms with Crippen molar-refractivity contribution < 1.29 is 9.90 Å². The zero-order valence-electron chi connectivity index (χ0n) is 16.5. The molecule has 1 aliphatic heterocycles. The van der Waals surface area contributed by atoms with Crippen LogP contribution in [0.15, 0.2) is 24.3 Å². The van der Waals surface area contributed by atoms with E-state index in [2.05, 4.69) is 56.9 Å². The molecular weight excluding hydrogens is 312 g/mol. The first-order chi connectivity index (χ1) is 11.7. The van der Waals surface area contributed by atoms with Gasteiger partial charge >= 0.3 is 0 Å². The number of piperazine rings is 1. The molecule has 0 aromatic heterocycles. The Morgan fingerprint density at radius 2 is 1.88 bits per heavy atom. The van der Waals surface area contributed by atoms with Gasteiger partial charge in [0.05, 0.1) is 6.10 Å². The van der Waals surface area contributed by atoms with E-state index in [-0.39, 0.29) is 23.5 Å². The van der Waals surface area contributed by atoms with Crippen molar-refractivity contribution in [2.75, 3.05) is 26.2 Å². The lowest BCUT2D eigenvalue weighted by Crippen LogP contribution is -2.55. The Morgan fingerprint density at radius 3 is 2.40 bits per heavy atom. The predicted molar refractivity (Wildman–Crippen MR) is 103 cm³/mol. The number of nitrogens with zero attached hydrogens (tertiary/aromatic N) is 2. The van der Waals surface area contributed by atoms with Crippen LogP contribution in [-0.4, -0.2) is 59.1 Å². The molecular formula is C21H34N2O2. The highest BCUT2D eigenvalue weighted by Gasteiger charge is 2.27. The molecule has 2 rings (SSSR count). The quantitative estimate of drug-likeness (QED) is 0.892. The van der Waals surface area contributed by atoms with Gasteiger partial charge in [0.2, 0.25) is 5.91 Å². The average molecular weight is 347 g/mol. The predicted octanol–water partition coefficient (Wildman–Crippen LogP) is 2.83. The molecule has 0 radical (unpaired) electrons. The normalized spacial score (nSPS) is 20.6. The Labute approximate surface area is 152 Å². The maximum absolute atomic E-state index is 12.6. The van der Waals surface area contributed by atoms with Crippen molar-refractivity contribution >= 4 is 5.91 Å². The van der Waals surface area contributed by atoms with E-state index in [1.165, 1.54) is 11.1 Å². The molecule has 0 aliphatic carbocycles. The maximum atomic E-state index is 12.6. The van der Waals surface area contributed by atoms with Crippen molar-refractivity contribution in [1.29, 1.82) is 0 Å². The van der Waals surface area contributed by atoms with E-state index in [1.54, 1.807) is 0 Å². The summed E-state index contributed by atoms with van der Waals surface area (Å²) in [5.41, 5.74) is 2.71. The van der Waals surface area contributed by atoms with Gasteiger partial charge in [0, 0.05) is 38.6 Å². The summed E-state index contributed by atoms with van der Waals surface area (Å²) in [6.45, 7) is 13.7. The first kappa shape index (κ1) is 19.9. The average Bonchev–Trinajstić information content (AvgIpc) is 2.51. The Morgan fingerprint density at radius 1 is 1.24 bits per heavy atom. The molecule has 0 unspecified atom stereocenters. The van der Waals surface area contributed by atoms with Crippen molar-refractivity contribution in [2.45, 2.75) is 65.0 Å². The molecule has 1 aromatic rings. The molecule has 1 heterocycles. The highest BCUT2D eigenvalue weighted by atomic mass is 16.3. The summed E-state index contributed by atoms with van der Waals surface area (Å²) in [6.07, 6.45) is 1.05. The van der Waals surface area contributed by atoms with Gasteiger partial charge in [-0.1, -0.05) is 45.0 Å². The number of aliphatic hydroxyl groups is 1. The molecule has 25 heavy (non-hydrogen) atoms. The van der Waals surface area contributed by atoms with Crippen LogP contribution in [0.4, 0.5) is 0 Å². The molecule has 1 saturated heterocycles. The summed E-state index contributed by atoms with van der Waals surface area (Å²) >= 11 is 0. The summed E-state index contributed by atoms with van der Waals surface area (Å²) in [7, 11) is 0. The van der Waals surface area contributed by atoms with Gasteiger partial charge in [0.1, 0.15) is 0 Å². The molecule has 0 saturated carbocycles.